The Morgan fingerprint density at radius 1 is 1.32 bits per heavy atom. The normalized spacial score (nSPS) is 17.6. The molecule has 2 aromatic heterocycles. The summed E-state index contributed by atoms with van der Waals surface area (Å²) in [7, 11) is 0. The molecule has 5 nitrogen and oxygen atoms in total. The smallest absolute Gasteiger partial charge is 0.253 e. The van der Waals surface area contributed by atoms with E-state index in [1.165, 1.54) is 0 Å². The second kappa shape index (κ2) is 6.59. The molecule has 0 unspecified atom stereocenters. The van der Waals surface area contributed by atoms with Crippen LogP contribution in [0, 0.1) is 6.92 Å². The van der Waals surface area contributed by atoms with E-state index in [1.54, 1.807) is 6.20 Å². The van der Waals surface area contributed by atoms with Gasteiger partial charge in [-0.2, -0.15) is 0 Å². The summed E-state index contributed by atoms with van der Waals surface area (Å²) in [4.78, 5) is 22.4. The summed E-state index contributed by atoms with van der Waals surface area (Å²) in [5, 5.41) is 0. The van der Waals surface area contributed by atoms with Crippen molar-refractivity contribution in [1.29, 1.82) is 0 Å². The topological polar surface area (TPSA) is 62.1 Å². The first-order valence-electron chi connectivity index (χ1n) is 8.66. The Balaban J connectivity index is 1.54. The van der Waals surface area contributed by atoms with Gasteiger partial charge in [-0.05, 0) is 44.0 Å². The minimum Gasteiger partial charge on any atom is -0.461 e. The number of hydrogen-bond acceptors (Lipinski definition) is 3. The molecule has 1 amide bonds. The third-order valence-electron chi connectivity index (χ3n) is 4.75. The van der Waals surface area contributed by atoms with Gasteiger partial charge in [-0.25, -0.2) is 4.98 Å². The number of nitrogens with one attached hydrogen (secondary N) is 1. The monoisotopic (exact) mass is 335 g/mol. The van der Waals surface area contributed by atoms with E-state index in [1.807, 2.05) is 54.4 Å². The summed E-state index contributed by atoms with van der Waals surface area (Å²) in [5.74, 6) is 2.98. The number of aromatic amines is 1. The lowest BCUT2D eigenvalue weighted by molar-refractivity contribution is 0.0705. The van der Waals surface area contributed by atoms with Crippen molar-refractivity contribution in [2.45, 2.75) is 25.7 Å². The maximum atomic E-state index is 13.0. The average Bonchev–Trinajstić information content (AvgIpc) is 3.33. The standard InChI is InChI=1S/C20H21N3O2/c1-14-7-8-18(25-14)15-4-2-5-16(12-15)20(24)23-11-3-6-17(13-23)19-21-9-10-22-19/h2,4-5,7-10,12,17H,3,6,11,13H2,1H3,(H,21,22)/t17-/m0/s1. The fraction of sp³-hybridized carbons (Fsp3) is 0.300. The number of nitrogens with zero attached hydrogens (tertiary/aromatic N) is 2. The van der Waals surface area contributed by atoms with E-state index in [0.29, 0.717) is 12.1 Å². The van der Waals surface area contributed by atoms with Crippen LogP contribution in [-0.2, 0) is 0 Å². The Kier molecular flexibility index (Phi) is 4.14. The molecule has 1 aromatic carbocycles. The molecule has 0 spiro atoms. The molecule has 1 saturated heterocycles. The van der Waals surface area contributed by atoms with Crippen LogP contribution in [0.15, 0.2) is 53.2 Å². The maximum absolute atomic E-state index is 13.0. The maximum Gasteiger partial charge on any atom is 0.253 e. The van der Waals surface area contributed by atoms with Crippen molar-refractivity contribution in [3.8, 4) is 11.3 Å². The van der Waals surface area contributed by atoms with Crippen LogP contribution in [0.3, 0.4) is 0 Å². The Hall–Kier alpha value is -2.82. The predicted molar refractivity (Wildman–Crippen MR) is 95.3 cm³/mol. The van der Waals surface area contributed by atoms with Crippen LogP contribution in [0.4, 0.5) is 0 Å². The highest BCUT2D eigenvalue weighted by atomic mass is 16.3. The van der Waals surface area contributed by atoms with Gasteiger partial charge < -0.3 is 14.3 Å². The van der Waals surface area contributed by atoms with Crippen LogP contribution in [-0.4, -0.2) is 33.9 Å². The lowest BCUT2D eigenvalue weighted by Crippen LogP contribution is -2.39. The molecular weight excluding hydrogens is 314 g/mol. The molecule has 0 bridgehead atoms. The zero-order chi connectivity index (χ0) is 17.2. The van der Waals surface area contributed by atoms with Crippen LogP contribution < -0.4 is 0 Å². The van der Waals surface area contributed by atoms with Crippen molar-refractivity contribution in [3.63, 3.8) is 0 Å². The van der Waals surface area contributed by atoms with Gasteiger partial charge in [0.25, 0.3) is 5.91 Å². The Labute approximate surface area is 146 Å². The van der Waals surface area contributed by atoms with Gasteiger partial charge in [-0.3, -0.25) is 4.79 Å². The SMILES string of the molecule is Cc1ccc(-c2cccc(C(=O)N3CCC[C@H](c4ncc[nH]4)C3)c2)o1. The molecular formula is C20H21N3O2. The Bertz CT molecular complexity index is 867. The number of rotatable bonds is 3. The minimum absolute atomic E-state index is 0.0707. The quantitative estimate of drug-likeness (QED) is 0.787. The van der Waals surface area contributed by atoms with Crippen LogP contribution in [0.25, 0.3) is 11.3 Å². The summed E-state index contributed by atoms with van der Waals surface area (Å²) in [6.07, 6.45) is 5.66. The van der Waals surface area contributed by atoms with Crippen molar-refractivity contribution in [2.75, 3.05) is 13.1 Å². The van der Waals surface area contributed by atoms with Crippen LogP contribution in [0.5, 0.6) is 0 Å². The van der Waals surface area contributed by atoms with Gasteiger partial charge in [0.15, 0.2) is 0 Å². The molecule has 3 aromatic rings. The first-order valence-corrected chi connectivity index (χ1v) is 8.66. The number of benzene rings is 1. The lowest BCUT2D eigenvalue weighted by atomic mass is 9.96. The van der Waals surface area contributed by atoms with Gasteiger partial charge in [0.1, 0.15) is 17.3 Å². The Morgan fingerprint density at radius 3 is 3.00 bits per heavy atom. The van der Waals surface area contributed by atoms with E-state index in [4.69, 9.17) is 4.42 Å². The van der Waals surface area contributed by atoms with Gasteiger partial charge in [0.05, 0.1) is 0 Å². The number of H-pyrrole nitrogens is 1. The van der Waals surface area contributed by atoms with Crippen molar-refractivity contribution in [1.82, 2.24) is 14.9 Å². The average molecular weight is 335 g/mol. The highest BCUT2D eigenvalue weighted by Crippen LogP contribution is 2.27. The number of likely N-dealkylation sites (tertiary alicyclic amines) is 1. The summed E-state index contributed by atoms with van der Waals surface area (Å²) >= 11 is 0. The van der Waals surface area contributed by atoms with Crippen LogP contribution in [0.1, 0.15) is 40.7 Å². The first kappa shape index (κ1) is 15.7. The van der Waals surface area contributed by atoms with E-state index in [-0.39, 0.29) is 11.8 Å². The lowest BCUT2D eigenvalue weighted by Gasteiger charge is -2.32. The molecule has 1 aliphatic rings. The number of carbonyl (C=O) groups excluding carboxylic acids is 1. The van der Waals surface area contributed by atoms with E-state index < -0.39 is 0 Å². The molecule has 0 saturated carbocycles. The third-order valence-corrected chi connectivity index (χ3v) is 4.75. The van der Waals surface area contributed by atoms with Crippen molar-refractivity contribution < 1.29 is 9.21 Å². The number of imidazole rings is 1. The molecule has 1 aliphatic heterocycles. The summed E-state index contributed by atoms with van der Waals surface area (Å²) in [5.41, 5.74) is 1.63. The van der Waals surface area contributed by atoms with Crippen molar-refractivity contribution in [3.05, 3.63) is 65.9 Å². The fourth-order valence-corrected chi connectivity index (χ4v) is 3.46. The van der Waals surface area contributed by atoms with E-state index in [0.717, 1.165) is 42.3 Å². The number of piperidine rings is 1. The molecule has 4 rings (SSSR count). The molecule has 128 valence electrons. The number of aromatic nitrogens is 2. The number of aryl methyl sites for hydroxylation is 1. The molecule has 3 heterocycles. The summed E-state index contributed by atoms with van der Waals surface area (Å²) in [6, 6.07) is 11.5. The van der Waals surface area contributed by atoms with Crippen LogP contribution >= 0.6 is 0 Å². The molecule has 0 radical (unpaired) electrons. The van der Waals surface area contributed by atoms with E-state index in [2.05, 4.69) is 9.97 Å². The number of furan rings is 1. The van der Waals surface area contributed by atoms with Crippen molar-refractivity contribution >= 4 is 5.91 Å². The number of carbonyl (C=O) groups is 1. The number of amides is 1. The highest BCUT2D eigenvalue weighted by molar-refractivity contribution is 5.95. The number of hydrogen-bond donors (Lipinski definition) is 1. The molecule has 1 N–H and O–H groups in total. The second-order valence-electron chi connectivity index (χ2n) is 6.56. The second-order valence-corrected chi connectivity index (χ2v) is 6.56. The summed E-state index contributed by atoms with van der Waals surface area (Å²) < 4.78 is 5.68. The van der Waals surface area contributed by atoms with E-state index >= 15 is 0 Å². The highest BCUT2D eigenvalue weighted by Gasteiger charge is 2.27. The molecule has 0 aliphatic carbocycles. The van der Waals surface area contributed by atoms with Crippen LogP contribution in [0.2, 0.25) is 0 Å². The zero-order valence-corrected chi connectivity index (χ0v) is 14.2. The van der Waals surface area contributed by atoms with Gasteiger partial charge >= 0.3 is 0 Å². The van der Waals surface area contributed by atoms with Gasteiger partial charge in [0, 0.05) is 42.5 Å². The van der Waals surface area contributed by atoms with E-state index in [9.17, 15) is 4.79 Å². The van der Waals surface area contributed by atoms with Crippen molar-refractivity contribution in [2.24, 2.45) is 0 Å². The largest absolute Gasteiger partial charge is 0.461 e. The minimum atomic E-state index is 0.0707. The van der Waals surface area contributed by atoms with Gasteiger partial charge in [-0.15, -0.1) is 0 Å². The molecule has 1 atom stereocenters. The third kappa shape index (κ3) is 3.22. The first-order chi connectivity index (χ1) is 12.2. The zero-order valence-electron chi connectivity index (χ0n) is 14.2. The van der Waals surface area contributed by atoms with Gasteiger partial charge in [0.2, 0.25) is 0 Å². The predicted octanol–water partition coefficient (Wildman–Crippen LogP) is 4.00. The summed E-state index contributed by atoms with van der Waals surface area (Å²) in [6.45, 7) is 3.41. The molecule has 25 heavy (non-hydrogen) atoms. The Morgan fingerprint density at radius 2 is 2.24 bits per heavy atom. The fourth-order valence-electron chi connectivity index (χ4n) is 3.46. The van der Waals surface area contributed by atoms with Gasteiger partial charge in [-0.1, -0.05) is 12.1 Å². The molecule has 5 heteroatoms. The molecule has 1 fully saturated rings.